The number of amides is 1. The Labute approximate surface area is 198 Å². The minimum absolute atomic E-state index is 0.166. The maximum atomic E-state index is 13.1. The summed E-state index contributed by atoms with van der Waals surface area (Å²) in [4.78, 5) is 32.0. The van der Waals surface area contributed by atoms with Gasteiger partial charge in [-0.25, -0.2) is 0 Å². The fourth-order valence-electron chi connectivity index (χ4n) is 4.51. The quantitative estimate of drug-likeness (QED) is 0.467. The van der Waals surface area contributed by atoms with E-state index < -0.39 is 6.10 Å². The summed E-state index contributed by atoms with van der Waals surface area (Å²) in [5.41, 5.74) is 4.26. The largest absolute Gasteiger partial charge is 0.452 e. The Bertz CT molecular complexity index is 1150. The Morgan fingerprint density at radius 2 is 1.52 bits per heavy atom. The molecule has 5 nitrogen and oxygen atoms in total. The van der Waals surface area contributed by atoms with Crippen molar-refractivity contribution in [2.45, 2.75) is 42.1 Å². The van der Waals surface area contributed by atoms with E-state index in [1.165, 1.54) is 0 Å². The number of para-hydroxylation sites is 3. The van der Waals surface area contributed by atoms with E-state index in [2.05, 4.69) is 35.2 Å². The molecule has 1 amide bonds. The first-order valence-electron chi connectivity index (χ1n) is 11.3. The summed E-state index contributed by atoms with van der Waals surface area (Å²) in [5, 5.41) is 0. The van der Waals surface area contributed by atoms with Crippen molar-refractivity contribution in [2.24, 2.45) is 0 Å². The van der Waals surface area contributed by atoms with Crippen LogP contribution in [0.5, 0.6) is 0 Å². The van der Waals surface area contributed by atoms with E-state index >= 15 is 0 Å². The Morgan fingerprint density at radius 3 is 2.21 bits per heavy atom. The van der Waals surface area contributed by atoms with E-state index in [1.54, 1.807) is 23.6 Å². The Kier molecular flexibility index (Phi) is 6.09. The maximum Gasteiger partial charge on any atom is 0.308 e. The summed E-state index contributed by atoms with van der Waals surface area (Å²) in [6.07, 6.45) is 1.25. The molecule has 0 spiro atoms. The summed E-state index contributed by atoms with van der Waals surface area (Å²) in [7, 11) is 0. The van der Waals surface area contributed by atoms with E-state index in [-0.39, 0.29) is 18.3 Å². The number of ether oxygens (including phenoxy) is 1. The number of fused-ring (bicyclic) bond motifs is 3. The third-order valence-electron chi connectivity index (χ3n) is 6.10. The van der Waals surface area contributed by atoms with Gasteiger partial charge in [-0.05, 0) is 55.7 Å². The van der Waals surface area contributed by atoms with Gasteiger partial charge in [0.25, 0.3) is 5.91 Å². The monoisotopic (exact) mass is 458 g/mol. The molecule has 1 atom stereocenters. The van der Waals surface area contributed by atoms with Gasteiger partial charge in [-0.3, -0.25) is 9.59 Å². The van der Waals surface area contributed by atoms with E-state index in [9.17, 15) is 9.59 Å². The van der Waals surface area contributed by atoms with Crippen molar-refractivity contribution in [3.8, 4) is 0 Å². The zero-order valence-corrected chi connectivity index (χ0v) is 19.4. The number of hydrogen-bond acceptors (Lipinski definition) is 5. The molecule has 5 rings (SSSR count). The number of aryl methyl sites for hydroxylation is 1. The molecule has 0 unspecified atom stereocenters. The van der Waals surface area contributed by atoms with Gasteiger partial charge in [0, 0.05) is 28.6 Å². The average Bonchev–Trinajstić information content (AvgIpc) is 2.85. The van der Waals surface area contributed by atoms with Crippen LogP contribution < -0.4 is 9.80 Å². The Hall–Kier alpha value is -3.25. The average molecular weight is 459 g/mol. The van der Waals surface area contributed by atoms with Crippen molar-refractivity contribution in [2.75, 3.05) is 22.9 Å². The van der Waals surface area contributed by atoms with Gasteiger partial charge in [0.2, 0.25) is 0 Å². The second-order valence-electron chi connectivity index (χ2n) is 8.29. The van der Waals surface area contributed by atoms with Crippen LogP contribution in [0.15, 0.2) is 82.6 Å². The highest BCUT2D eigenvalue weighted by Gasteiger charge is 2.29. The molecule has 0 N–H and O–H groups in total. The molecular formula is C27H26N2O3S. The molecule has 0 aromatic heterocycles. The van der Waals surface area contributed by atoms with Gasteiger partial charge in [0.15, 0.2) is 6.10 Å². The predicted molar refractivity (Wildman–Crippen MR) is 131 cm³/mol. The molecule has 33 heavy (non-hydrogen) atoms. The van der Waals surface area contributed by atoms with Gasteiger partial charge in [-0.2, -0.15) is 0 Å². The number of nitrogens with zero attached hydrogens (tertiary/aromatic N) is 2. The molecule has 3 aromatic rings. The Morgan fingerprint density at radius 1 is 0.909 bits per heavy atom. The minimum Gasteiger partial charge on any atom is -0.452 e. The number of carbonyl (C=O) groups excluding carboxylic acids is 2. The summed E-state index contributed by atoms with van der Waals surface area (Å²) >= 11 is 1.74. The molecule has 6 heteroatoms. The van der Waals surface area contributed by atoms with E-state index in [4.69, 9.17) is 4.74 Å². The summed E-state index contributed by atoms with van der Waals surface area (Å²) < 4.78 is 5.59. The minimum atomic E-state index is -0.819. The SMILES string of the molecule is C[C@@H](OC(=O)CCN1c2ccccc2Sc2ccccc21)C(=O)N1CCCc2ccccc21. The van der Waals surface area contributed by atoms with Crippen LogP contribution in [-0.4, -0.2) is 31.1 Å². The molecule has 2 aliphatic heterocycles. The molecule has 168 valence electrons. The Balaban J connectivity index is 1.25. The highest BCUT2D eigenvalue weighted by atomic mass is 32.2. The summed E-state index contributed by atoms with van der Waals surface area (Å²) in [6, 6.07) is 24.4. The molecular weight excluding hydrogens is 432 g/mol. The molecule has 2 aliphatic rings. The van der Waals surface area contributed by atoms with E-state index in [1.807, 2.05) is 42.5 Å². The zero-order chi connectivity index (χ0) is 22.8. The van der Waals surface area contributed by atoms with Crippen molar-refractivity contribution in [1.29, 1.82) is 0 Å². The highest BCUT2D eigenvalue weighted by molar-refractivity contribution is 7.99. The van der Waals surface area contributed by atoms with Crippen molar-refractivity contribution < 1.29 is 14.3 Å². The molecule has 3 aromatic carbocycles. The van der Waals surface area contributed by atoms with Gasteiger partial charge in [-0.15, -0.1) is 0 Å². The summed E-state index contributed by atoms with van der Waals surface area (Å²) in [5.74, 6) is -0.533. The van der Waals surface area contributed by atoms with Crippen molar-refractivity contribution in [1.82, 2.24) is 0 Å². The third kappa shape index (κ3) is 4.35. The third-order valence-corrected chi connectivity index (χ3v) is 7.23. The lowest BCUT2D eigenvalue weighted by molar-refractivity contribution is -0.153. The van der Waals surface area contributed by atoms with Crippen LogP contribution in [0, 0.1) is 0 Å². The fraction of sp³-hybridized carbons (Fsp3) is 0.259. The van der Waals surface area contributed by atoms with Crippen LogP contribution in [0.2, 0.25) is 0 Å². The van der Waals surface area contributed by atoms with Crippen LogP contribution in [0.25, 0.3) is 0 Å². The second kappa shape index (κ2) is 9.32. The van der Waals surface area contributed by atoms with Crippen molar-refractivity contribution in [3.63, 3.8) is 0 Å². The van der Waals surface area contributed by atoms with Gasteiger partial charge in [0.1, 0.15) is 0 Å². The van der Waals surface area contributed by atoms with Gasteiger partial charge >= 0.3 is 5.97 Å². The first-order valence-corrected chi connectivity index (χ1v) is 12.2. The standard InChI is InChI=1S/C27H26N2O3S/c1-19(27(31)29-17-8-10-20-9-2-3-11-21(20)29)32-26(30)16-18-28-22-12-4-6-14-24(22)33-25-15-7-5-13-23(25)28/h2-7,9,11-15,19H,8,10,16-18H2,1H3/t19-/m1/s1. The van der Waals surface area contributed by atoms with Crippen LogP contribution in [0.4, 0.5) is 17.1 Å². The normalized spacial score (nSPS) is 15.2. The second-order valence-corrected chi connectivity index (χ2v) is 9.38. The molecule has 0 fully saturated rings. The zero-order valence-electron chi connectivity index (χ0n) is 18.6. The number of rotatable bonds is 5. The van der Waals surface area contributed by atoms with Crippen LogP contribution in [-0.2, 0) is 20.7 Å². The lowest BCUT2D eigenvalue weighted by Crippen LogP contribution is -2.43. The lowest BCUT2D eigenvalue weighted by Gasteiger charge is -2.33. The molecule has 0 saturated carbocycles. The molecule has 0 bridgehead atoms. The number of hydrogen-bond donors (Lipinski definition) is 0. The maximum absolute atomic E-state index is 13.1. The van der Waals surface area contributed by atoms with Crippen LogP contribution in [0.1, 0.15) is 25.3 Å². The number of esters is 1. The van der Waals surface area contributed by atoms with Crippen LogP contribution in [0.3, 0.4) is 0 Å². The molecule has 2 heterocycles. The van der Waals surface area contributed by atoms with Crippen molar-refractivity contribution >= 4 is 40.7 Å². The number of benzene rings is 3. The van der Waals surface area contributed by atoms with E-state index in [0.29, 0.717) is 13.1 Å². The lowest BCUT2D eigenvalue weighted by atomic mass is 10.0. The summed E-state index contributed by atoms with van der Waals surface area (Å²) in [6.45, 7) is 2.80. The van der Waals surface area contributed by atoms with E-state index in [0.717, 1.165) is 45.3 Å². The topological polar surface area (TPSA) is 49.9 Å². The first-order chi connectivity index (χ1) is 16.1. The first kappa shape index (κ1) is 21.6. The van der Waals surface area contributed by atoms with Crippen LogP contribution >= 0.6 is 11.8 Å². The smallest absolute Gasteiger partial charge is 0.308 e. The number of carbonyl (C=O) groups is 2. The van der Waals surface area contributed by atoms with Crippen molar-refractivity contribution in [3.05, 3.63) is 78.4 Å². The number of anilines is 3. The molecule has 0 saturated heterocycles. The van der Waals surface area contributed by atoms with Gasteiger partial charge < -0.3 is 14.5 Å². The molecule has 0 aliphatic carbocycles. The van der Waals surface area contributed by atoms with Gasteiger partial charge in [-0.1, -0.05) is 54.2 Å². The molecule has 0 radical (unpaired) electrons. The predicted octanol–water partition coefficient (Wildman–Crippen LogP) is 5.59. The van der Waals surface area contributed by atoms with Gasteiger partial charge in [0.05, 0.1) is 17.8 Å². The highest BCUT2D eigenvalue weighted by Crippen LogP contribution is 2.47. The fourth-order valence-corrected chi connectivity index (χ4v) is 5.61.